The molecule has 0 amide bonds. The average Bonchev–Trinajstić information content (AvgIpc) is 3.83. The van der Waals surface area contributed by atoms with Crippen LogP contribution in [-0.2, 0) is 27.1 Å². The molecule has 336 valence electrons. The van der Waals surface area contributed by atoms with E-state index >= 15 is 0 Å². The molecular weight excluding hydrogens is 816 g/mol. The SMILES string of the molecule is CC(C)(C)c1ccc(N2B3c4cc(C(C)(C)C)ccc4N(c4ccc(C(C)(C)C)cc4)c4c3c(cc3c4oc4ccccc43)-c3cc4c(cc32)oc2cc3c(cc24)C(C)(C)CCC3(C)C)cc1. The van der Waals surface area contributed by atoms with Gasteiger partial charge in [-0.1, -0.05) is 145 Å². The van der Waals surface area contributed by atoms with Crippen molar-refractivity contribution < 1.29 is 8.83 Å². The molecule has 0 saturated heterocycles. The van der Waals surface area contributed by atoms with Crippen molar-refractivity contribution in [3.63, 3.8) is 0 Å². The number of hydrogen-bond donors (Lipinski definition) is 0. The normalized spacial score (nSPS) is 16.5. The lowest BCUT2D eigenvalue weighted by atomic mass is 9.43. The van der Waals surface area contributed by atoms with Crippen LogP contribution in [0.2, 0.25) is 0 Å². The molecule has 0 atom stereocenters. The molecule has 0 fully saturated rings. The van der Waals surface area contributed by atoms with Gasteiger partial charge in [0.05, 0.1) is 5.69 Å². The van der Waals surface area contributed by atoms with Gasteiger partial charge in [0.15, 0.2) is 5.58 Å². The lowest BCUT2D eigenvalue weighted by molar-refractivity contribution is 0.332. The Morgan fingerprint density at radius 2 is 1.03 bits per heavy atom. The van der Waals surface area contributed by atoms with Crippen molar-refractivity contribution >= 4 is 90.1 Å². The fourth-order valence-electron chi connectivity index (χ4n) is 11.8. The third-order valence-corrected chi connectivity index (χ3v) is 16.0. The zero-order valence-corrected chi connectivity index (χ0v) is 41.7. The molecule has 12 rings (SSSR count). The molecular formula is C62H63BN2O2. The van der Waals surface area contributed by atoms with Crippen LogP contribution in [-0.4, -0.2) is 6.85 Å². The van der Waals surface area contributed by atoms with Crippen molar-refractivity contribution in [3.05, 3.63) is 149 Å². The summed E-state index contributed by atoms with van der Waals surface area (Å²) in [5.41, 5.74) is 21.2. The van der Waals surface area contributed by atoms with Crippen LogP contribution in [0.25, 0.3) is 55.0 Å². The van der Waals surface area contributed by atoms with Gasteiger partial charge in [0.25, 0.3) is 0 Å². The maximum Gasteiger partial charge on any atom is 0.333 e. The molecule has 0 bridgehead atoms. The van der Waals surface area contributed by atoms with Crippen molar-refractivity contribution in [1.82, 2.24) is 0 Å². The Morgan fingerprint density at radius 1 is 0.478 bits per heavy atom. The highest BCUT2D eigenvalue weighted by Gasteiger charge is 2.48. The Hall–Kier alpha value is -6.20. The summed E-state index contributed by atoms with van der Waals surface area (Å²) in [5.74, 6) is 0. The van der Waals surface area contributed by atoms with Crippen LogP contribution in [0, 0.1) is 0 Å². The molecule has 5 heteroatoms. The number of nitrogens with zero attached hydrogens (tertiary/aromatic N) is 2. The summed E-state index contributed by atoms with van der Waals surface area (Å²) in [7, 11) is 0. The van der Waals surface area contributed by atoms with Gasteiger partial charge in [-0.05, 0) is 145 Å². The van der Waals surface area contributed by atoms with Crippen molar-refractivity contribution in [2.45, 2.75) is 130 Å². The van der Waals surface area contributed by atoms with Crippen molar-refractivity contribution in [3.8, 4) is 11.1 Å². The van der Waals surface area contributed by atoms with Crippen molar-refractivity contribution in [2.75, 3.05) is 9.71 Å². The molecule has 4 heterocycles. The third kappa shape index (κ3) is 6.25. The molecule has 3 aliphatic rings. The first kappa shape index (κ1) is 42.2. The van der Waals surface area contributed by atoms with E-state index < -0.39 is 0 Å². The molecule has 0 saturated carbocycles. The van der Waals surface area contributed by atoms with Crippen LogP contribution in [0.15, 0.2) is 130 Å². The van der Waals surface area contributed by atoms with E-state index in [2.05, 4.69) is 221 Å². The van der Waals surface area contributed by atoms with E-state index in [0.717, 1.165) is 79.8 Å². The molecule has 2 aliphatic heterocycles. The van der Waals surface area contributed by atoms with Crippen LogP contribution in [0.1, 0.15) is 131 Å². The van der Waals surface area contributed by atoms with Gasteiger partial charge in [-0.15, -0.1) is 0 Å². The van der Waals surface area contributed by atoms with Gasteiger partial charge in [-0.25, -0.2) is 0 Å². The Morgan fingerprint density at radius 3 is 1.67 bits per heavy atom. The maximum absolute atomic E-state index is 7.16. The lowest BCUT2D eigenvalue weighted by Crippen LogP contribution is -2.61. The average molecular weight is 879 g/mol. The summed E-state index contributed by atoms with van der Waals surface area (Å²) in [4.78, 5) is 5.14. The van der Waals surface area contributed by atoms with Gasteiger partial charge in [-0.3, -0.25) is 0 Å². The van der Waals surface area contributed by atoms with Gasteiger partial charge < -0.3 is 18.5 Å². The second-order valence-electron chi connectivity index (χ2n) is 24.5. The molecule has 9 aromatic rings. The molecule has 2 aromatic heterocycles. The first-order valence-corrected chi connectivity index (χ1v) is 24.6. The van der Waals surface area contributed by atoms with E-state index in [-0.39, 0.29) is 33.9 Å². The van der Waals surface area contributed by atoms with Crippen molar-refractivity contribution in [1.29, 1.82) is 0 Å². The summed E-state index contributed by atoms with van der Waals surface area (Å²) in [5, 5.41) is 4.59. The quantitative estimate of drug-likeness (QED) is 0.162. The van der Waals surface area contributed by atoms with E-state index in [1.807, 2.05) is 0 Å². The first-order chi connectivity index (χ1) is 31.6. The number of anilines is 5. The Bertz CT molecular complexity index is 3530. The zero-order chi connectivity index (χ0) is 46.9. The largest absolute Gasteiger partial charge is 0.456 e. The monoisotopic (exact) mass is 878 g/mol. The van der Waals surface area contributed by atoms with Crippen LogP contribution in [0.5, 0.6) is 0 Å². The highest BCUT2D eigenvalue weighted by Crippen LogP contribution is 2.54. The molecule has 0 spiro atoms. The third-order valence-electron chi connectivity index (χ3n) is 16.0. The van der Waals surface area contributed by atoms with E-state index in [1.165, 1.54) is 55.3 Å². The van der Waals surface area contributed by atoms with E-state index in [0.29, 0.717) is 0 Å². The molecule has 0 radical (unpaired) electrons. The van der Waals surface area contributed by atoms with E-state index in [1.54, 1.807) is 0 Å². The van der Waals surface area contributed by atoms with Gasteiger partial charge in [-0.2, -0.15) is 0 Å². The molecule has 7 aromatic carbocycles. The number of rotatable bonds is 2. The second kappa shape index (κ2) is 13.7. The van der Waals surface area contributed by atoms with Gasteiger partial charge in [0, 0.05) is 55.9 Å². The summed E-state index contributed by atoms with van der Waals surface area (Å²) in [6.07, 6.45) is 2.32. The fraction of sp³-hybridized carbons (Fsp3) is 0.323. The van der Waals surface area contributed by atoms with Gasteiger partial charge in [0.1, 0.15) is 16.7 Å². The topological polar surface area (TPSA) is 32.8 Å². The predicted octanol–water partition coefficient (Wildman–Crippen LogP) is 16.4. The second-order valence-corrected chi connectivity index (χ2v) is 24.5. The predicted molar refractivity (Wildman–Crippen MR) is 286 cm³/mol. The maximum atomic E-state index is 7.16. The zero-order valence-electron chi connectivity index (χ0n) is 41.7. The van der Waals surface area contributed by atoms with Crippen LogP contribution >= 0.6 is 0 Å². The number of benzene rings is 7. The fourth-order valence-corrected chi connectivity index (χ4v) is 11.8. The minimum absolute atomic E-state index is 0.00975. The van der Waals surface area contributed by atoms with Crippen LogP contribution < -0.4 is 20.6 Å². The van der Waals surface area contributed by atoms with Gasteiger partial charge in [0.2, 0.25) is 0 Å². The number of hydrogen-bond acceptors (Lipinski definition) is 4. The minimum atomic E-state index is -0.186. The van der Waals surface area contributed by atoms with Crippen molar-refractivity contribution in [2.24, 2.45) is 0 Å². The highest BCUT2D eigenvalue weighted by molar-refractivity contribution is 6.94. The van der Waals surface area contributed by atoms with E-state index in [4.69, 9.17) is 8.83 Å². The van der Waals surface area contributed by atoms with Gasteiger partial charge >= 0.3 is 6.85 Å². The minimum Gasteiger partial charge on any atom is -0.456 e. The standard InChI is InChI=1S/C62H63BN2O2/c1-58(2,3)36-18-23-39(24-19-36)64-50-27-22-38(60(7,8)9)30-49(50)63-55-45(32-46-41-16-14-15-17-52(41)67-57(46)56(55)64)42-31-43-44-33-47-48(62(12,13)29-28-61(47,10)11)34-53(44)66-54(43)35-51(42)65(63)40-25-20-37(21-26-40)59(4,5)6/h14-27,30-35H,28-29H2,1-13H3. The Labute approximate surface area is 397 Å². The Kier molecular flexibility index (Phi) is 8.63. The van der Waals surface area contributed by atoms with Crippen LogP contribution in [0.3, 0.4) is 0 Å². The molecule has 0 unspecified atom stereocenters. The number of para-hydroxylation sites is 1. The lowest BCUT2D eigenvalue weighted by Gasteiger charge is -2.46. The van der Waals surface area contributed by atoms with Crippen LogP contribution in [0.4, 0.5) is 28.4 Å². The molecule has 4 nitrogen and oxygen atoms in total. The molecule has 1 aliphatic carbocycles. The highest BCUT2D eigenvalue weighted by atomic mass is 16.3. The number of furan rings is 2. The summed E-state index contributed by atoms with van der Waals surface area (Å²) < 4.78 is 14.3. The first-order valence-electron chi connectivity index (χ1n) is 24.6. The summed E-state index contributed by atoms with van der Waals surface area (Å²) in [6, 6.07) is 46.6. The number of fused-ring (bicyclic) bond motifs is 12. The molecule has 67 heavy (non-hydrogen) atoms. The smallest absolute Gasteiger partial charge is 0.333 e. The molecule has 0 N–H and O–H groups in total. The summed E-state index contributed by atoms with van der Waals surface area (Å²) >= 11 is 0. The Balaban J connectivity index is 1.24. The van der Waals surface area contributed by atoms with E-state index in [9.17, 15) is 0 Å². The summed E-state index contributed by atoms with van der Waals surface area (Å²) in [6.45, 7) is 30.2.